The number of carbonyl (C=O) groups excluding carboxylic acids is 2. The molecule has 0 saturated carbocycles. The fourth-order valence-corrected chi connectivity index (χ4v) is 9.38. The summed E-state index contributed by atoms with van der Waals surface area (Å²) >= 11 is 0. The third-order valence-corrected chi connectivity index (χ3v) is 14.0. The molecule has 0 bridgehead atoms. The highest BCUT2D eigenvalue weighted by Gasteiger charge is 2.20. The van der Waals surface area contributed by atoms with Gasteiger partial charge in [-0.05, 0) is 57.8 Å². The van der Waals surface area contributed by atoms with Gasteiger partial charge in [0.05, 0.1) is 25.4 Å². The lowest BCUT2D eigenvalue weighted by Gasteiger charge is -2.22. The molecule has 0 spiro atoms. The fraction of sp³-hybridized carbons (Fsp3) is 0.902. The third-order valence-electron chi connectivity index (χ3n) is 14.0. The summed E-state index contributed by atoms with van der Waals surface area (Å²) < 4.78 is 5.49. The Bertz CT molecular complexity index is 1040. The van der Waals surface area contributed by atoms with Crippen molar-refractivity contribution in [2.24, 2.45) is 0 Å². The fourth-order valence-electron chi connectivity index (χ4n) is 9.38. The van der Waals surface area contributed by atoms with Crippen LogP contribution in [-0.4, -0.2) is 47.4 Å². The van der Waals surface area contributed by atoms with Gasteiger partial charge in [-0.1, -0.05) is 282 Å². The second kappa shape index (κ2) is 56.9. The molecule has 0 rings (SSSR count). The maximum Gasteiger partial charge on any atom is 0.305 e. The number of rotatable bonds is 56. The van der Waals surface area contributed by atoms with E-state index in [1.807, 2.05) is 0 Å². The van der Waals surface area contributed by atoms with Crippen LogP contribution in [0.5, 0.6) is 0 Å². The Kier molecular flexibility index (Phi) is 55.5. The van der Waals surface area contributed by atoms with Gasteiger partial charge >= 0.3 is 5.97 Å². The van der Waals surface area contributed by atoms with Gasteiger partial charge in [-0.2, -0.15) is 0 Å². The number of hydrogen-bond acceptors (Lipinski definition) is 5. The van der Waals surface area contributed by atoms with Crippen LogP contribution in [0.15, 0.2) is 24.3 Å². The van der Waals surface area contributed by atoms with Gasteiger partial charge in [0.1, 0.15) is 0 Å². The third kappa shape index (κ3) is 53.5. The summed E-state index contributed by atoms with van der Waals surface area (Å²) in [5, 5.41) is 23.2. The summed E-state index contributed by atoms with van der Waals surface area (Å²) in [7, 11) is 0. The Hall–Kier alpha value is -1.66. The number of aliphatic hydroxyl groups excluding tert-OH is 2. The van der Waals surface area contributed by atoms with Crippen LogP contribution >= 0.6 is 0 Å². The van der Waals surface area contributed by atoms with E-state index in [4.69, 9.17) is 4.74 Å². The van der Waals surface area contributed by atoms with Crippen LogP contribution in [0.2, 0.25) is 0 Å². The summed E-state index contributed by atoms with van der Waals surface area (Å²) in [4.78, 5) is 24.6. The van der Waals surface area contributed by atoms with Gasteiger partial charge < -0.3 is 20.3 Å². The molecule has 0 fully saturated rings. The van der Waals surface area contributed by atoms with Gasteiger partial charge in [-0.25, -0.2) is 0 Å². The zero-order valence-corrected chi connectivity index (χ0v) is 45.1. The Labute approximate surface area is 418 Å². The van der Waals surface area contributed by atoms with Crippen LogP contribution in [0.4, 0.5) is 0 Å². The molecule has 0 aromatic heterocycles. The second-order valence-corrected chi connectivity index (χ2v) is 20.7. The average Bonchev–Trinajstić information content (AvgIpc) is 3.33. The normalized spacial score (nSPS) is 12.7. The van der Waals surface area contributed by atoms with E-state index < -0.39 is 12.1 Å². The molecule has 0 radical (unpaired) electrons. The summed E-state index contributed by atoms with van der Waals surface area (Å²) in [5.74, 6) is -0.0342. The number of unbranched alkanes of at least 4 members (excludes halogenated alkanes) is 41. The largest absolute Gasteiger partial charge is 0.466 e. The number of carbonyl (C=O) groups is 2. The van der Waals surface area contributed by atoms with Crippen LogP contribution < -0.4 is 5.32 Å². The van der Waals surface area contributed by atoms with Crippen molar-refractivity contribution in [1.29, 1.82) is 0 Å². The lowest BCUT2D eigenvalue weighted by Crippen LogP contribution is -2.45. The van der Waals surface area contributed by atoms with Crippen LogP contribution in [0.1, 0.15) is 328 Å². The highest BCUT2D eigenvalue weighted by Crippen LogP contribution is 2.18. The maximum absolute atomic E-state index is 12.5. The SMILES string of the molecule is CCCCC/C=C\C/C=C\CCCCCCCCCCCC(=O)OCCCCCCCCCCCCCCCCCCCCC(=O)NC(CO)C(O)CCCCCCCCCCCCCCC. The average molecular weight is 945 g/mol. The van der Waals surface area contributed by atoms with Crippen molar-refractivity contribution in [3.8, 4) is 0 Å². The first-order valence-electron chi connectivity index (χ1n) is 30.1. The van der Waals surface area contributed by atoms with Gasteiger partial charge in [0.25, 0.3) is 0 Å². The first kappa shape index (κ1) is 65.3. The van der Waals surface area contributed by atoms with Crippen LogP contribution in [0, 0.1) is 0 Å². The van der Waals surface area contributed by atoms with Crippen molar-refractivity contribution in [3.63, 3.8) is 0 Å². The second-order valence-electron chi connectivity index (χ2n) is 20.7. The van der Waals surface area contributed by atoms with Crippen LogP contribution in [0.25, 0.3) is 0 Å². The summed E-state index contributed by atoms with van der Waals surface area (Å²) in [6, 6.07) is -0.544. The minimum atomic E-state index is -0.666. The topological polar surface area (TPSA) is 95.9 Å². The summed E-state index contributed by atoms with van der Waals surface area (Å²) in [6.07, 6.45) is 68.9. The highest BCUT2D eigenvalue weighted by molar-refractivity contribution is 5.76. The quantitative estimate of drug-likeness (QED) is 0.0321. The molecular weight excluding hydrogens is 827 g/mol. The predicted octanol–water partition coefficient (Wildman–Crippen LogP) is 18.6. The Morgan fingerprint density at radius 1 is 0.418 bits per heavy atom. The van der Waals surface area contributed by atoms with Crippen molar-refractivity contribution < 1.29 is 24.5 Å². The van der Waals surface area contributed by atoms with Crippen LogP contribution in [0.3, 0.4) is 0 Å². The van der Waals surface area contributed by atoms with Gasteiger partial charge in [0, 0.05) is 12.8 Å². The lowest BCUT2D eigenvalue weighted by atomic mass is 10.0. The van der Waals surface area contributed by atoms with Crippen molar-refractivity contribution >= 4 is 11.9 Å². The molecule has 2 unspecified atom stereocenters. The molecule has 396 valence electrons. The number of amides is 1. The van der Waals surface area contributed by atoms with E-state index in [1.54, 1.807) is 0 Å². The number of esters is 1. The van der Waals surface area contributed by atoms with E-state index in [-0.39, 0.29) is 18.5 Å². The van der Waals surface area contributed by atoms with Gasteiger partial charge in [0.2, 0.25) is 5.91 Å². The van der Waals surface area contributed by atoms with Crippen molar-refractivity contribution in [1.82, 2.24) is 5.32 Å². The molecule has 0 aliphatic rings. The van der Waals surface area contributed by atoms with Gasteiger partial charge in [0.15, 0.2) is 0 Å². The van der Waals surface area contributed by atoms with Gasteiger partial charge in [-0.3, -0.25) is 9.59 Å². The number of hydrogen-bond donors (Lipinski definition) is 3. The Morgan fingerprint density at radius 2 is 0.746 bits per heavy atom. The zero-order valence-electron chi connectivity index (χ0n) is 45.1. The predicted molar refractivity (Wildman–Crippen MR) is 292 cm³/mol. The number of ether oxygens (including phenoxy) is 1. The molecule has 0 aromatic carbocycles. The van der Waals surface area contributed by atoms with Crippen molar-refractivity contribution in [3.05, 3.63) is 24.3 Å². The molecule has 3 N–H and O–H groups in total. The standard InChI is InChI=1S/C61H117NO5/c1-3-5-7-9-11-13-15-17-18-19-20-24-27-31-35-39-43-47-51-55-61(66)67-56-52-48-44-40-36-32-28-25-22-21-23-26-30-34-38-42-46-50-54-60(65)62-58(57-63)59(64)53-49-45-41-37-33-29-16-14-12-10-8-6-4-2/h11,13,17-18,58-59,63-64H,3-10,12,14-16,19-57H2,1-2H3,(H,62,65)/b13-11-,18-17-. The molecule has 0 saturated heterocycles. The number of nitrogens with one attached hydrogen (secondary N) is 1. The smallest absolute Gasteiger partial charge is 0.305 e. The monoisotopic (exact) mass is 944 g/mol. The van der Waals surface area contributed by atoms with E-state index in [9.17, 15) is 19.8 Å². The van der Waals surface area contributed by atoms with E-state index in [0.29, 0.717) is 25.9 Å². The summed E-state index contributed by atoms with van der Waals surface area (Å²) in [5.41, 5.74) is 0. The molecule has 2 atom stereocenters. The van der Waals surface area contributed by atoms with E-state index in [1.165, 1.54) is 244 Å². The maximum atomic E-state index is 12.5. The molecule has 0 aliphatic carbocycles. The zero-order chi connectivity index (χ0) is 48.6. The number of aliphatic hydroxyl groups is 2. The van der Waals surface area contributed by atoms with Crippen molar-refractivity contribution in [2.45, 2.75) is 341 Å². The Morgan fingerprint density at radius 3 is 1.16 bits per heavy atom. The minimum absolute atomic E-state index is 0.00393. The molecule has 6 heteroatoms. The first-order chi connectivity index (χ1) is 33.0. The molecule has 0 aromatic rings. The molecule has 6 nitrogen and oxygen atoms in total. The van der Waals surface area contributed by atoms with E-state index in [0.717, 1.165) is 51.4 Å². The van der Waals surface area contributed by atoms with E-state index in [2.05, 4.69) is 43.5 Å². The molecule has 0 aliphatic heterocycles. The lowest BCUT2D eigenvalue weighted by molar-refractivity contribution is -0.143. The molecular formula is C61H117NO5. The Balaban J connectivity index is 3.38. The highest BCUT2D eigenvalue weighted by atomic mass is 16.5. The van der Waals surface area contributed by atoms with Crippen LogP contribution in [-0.2, 0) is 14.3 Å². The first-order valence-corrected chi connectivity index (χ1v) is 30.1. The molecule has 1 amide bonds. The molecule has 67 heavy (non-hydrogen) atoms. The number of allylic oxidation sites excluding steroid dienone is 4. The minimum Gasteiger partial charge on any atom is -0.466 e. The summed E-state index contributed by atoms with van der Waals surface area (Å²) in [6.45, 7) is 4.93. The molecule has 0 heterocycles. The van der Waals surface area contributed by atoms with E-state index >= 15 is 0 Å². The van der Waals surface area contributed by atoms with Crippen molar-refractivity contribution in [2.75, 3.05) is 13.2 Å². The van der Waals surface area contributed by atoms with Gasteiger partial charge in [-0.15, -0.1) is 0 Å².